The SMILES string of the molecule is COc1ccc(C(C=O)C2CC2)cc1F. The van der Waals surface area contributed by atoms with Crippen LogP contribution in [-0.4, -0.2) is 13.4 Å². The number of methoxy groups -OCH3 is 1. The summed E-state index contributed by atoms with van der Waals surface area (Å²) in [6, 6.07) is 4.74. The standard InChI is InChI=1S/C12H13FO2/c1-15-12-5-4-9(6-11(12)13)10(7-14)8-2-3-8/h4-8,10H,2-3H2,1H3. The first-order chi connectivity index (χ1) is 7.26. The minimum atomic E-state index is -0.400. The number of hydrogen-bond acceptors (Lipinski definition) is 2. The van der Waals surface area contributed by atoms with Gasteiger partial charge in [0, 0.05) is 5.92 Å². The molecule has 1 aliphatic carbocycles. The Morgan fingerprint density at radius 3 is 2.73 bits per heavy atom. The van der Waals surface area contributed by atoms with E-state index in [0.29, 0.717) is 5.92 Å². The summed E-state index contributed by atoms with van der Waals surface area (Å²) >= 11 is 0. The highest BCUT2D eigenvalue weighted by molar-refractivity contribution is 5.63. The summed E-state index contributed by atoms with van der Waals surface area (Å²) < 4.78 is 18.2. The number of carbonyl (C=O) groups is 1. The lowest BCUT2D eigenvalue weighted by Crippen LogP contribution is -2.03. The summed E-state index contributed by atoms with van der Waals surface area (Å²) in [7, 11) is 1.43. The molecule has 0 spiro atoms. The van der Waals surface area contributed by atoms with Crippen LogP contribution in [0.4, 0.5) is 4.39 Å². The third-order valence-corrected chi connectivity index (χ3v) is 2.84. The molecule has 2 rings (SSSR count). The van der Waals surface area contributed by atoms with E-state index in [1.54, 1.807) is 12.1 Å². The quantitative estimate of drug-likeness (QED) is 0.711. The van der Waals surface area contributed by atoms with E-state index >= 15 is 0 Å². The van der Waals surface area contributed by atoms with Gasteiger partial charge in [-0.15, -0.1) is 0 Å². The van der Waals surface area contributed by atoms with Crippen molar-refractivity contribution in [1.29, 1.82) is 0 Å². The minimum absolute atomic E-state index is 0.148. The largest absolute Gasteiger partial charge is 0.494 e. The van der Waals surface area contributed by atoms with Gasteiger partial charge in [-0.1, -0.05) is 6.07 Å². The fourth-order valence-electron chi connectivity index (χ4n) is 1.81. The van der Waals surface area contributed by atoms with E-state index in [-0.39, 0.29) is 11.7 Å². The second-order valence-electron chi connectivity index (χ2n) is 3.89. The smallest absolute Gasteiger partial charge is 0.165 e. The lowest BCUT2D eigenvalue weighted by Gasteiger charge is -2.10. The number of aldehydes is 1. The first-order valence-electron chi connectivity index (χ1n) is 5.05. The Morgan fingerprint density at radius 1 is 1.53 bits per heavy atom. The zero-order valence-corrected chi connectivity index (χ0v) is 8.57. The fourth-order valence-corrected chi connectivity index (χ4v) is 1.81. The molecule has 1 aliphatic rings. The molecule has 3 heteroatoms. The van der Waals surface area contributed by atoms with Crippen LogP contribution in [0.15, 0.2) is 18.2 Å². The molecule has 1 aromatic rings. The van der Waals surface area contributed by atoms with E-state index in [1.165, 1.54) is 13.2 Å². The molecule has 0 aliphatic heterocycles. The molecular weight excluding hydrogens is 195 g/mol. The average molecular weight is 208 g/mol. The van der Waals surface area contributed by atoms with Gasteiger partial charge in [-0.25, -0.2) is 4.39 Å². The molecule has 2 nitrogen and oxygen atoms in total. The molecule has 15 heavy (non-hydrogen) atoms. The molecule has 1 fully saturated rings. The molecule has 1 atom stereocenters. The molecule has 1 saturated carbocycles. The van der Waals surface area contributed by atoms with Crippen LogP contribution in [0.2, 0.25) is 0 Å². The second kappa shape index (κ2) is 4.01. The minimum Gasteiger partial charge on any atom is -0.494 e. The van der Waals surface area contributed by atoms with E-state index < -0.39 is 5.82 Å². The van der Waals surface area contributed by atoms with Crippen LogP contribution in [0.25, 0.3) is 0 Å². The summed E-state index contributed by atoms with van der Waals surface area (Å²) in [4.78, 5) is 10.9. The van der Waals surface area contributed by atoms with Gasteiger partial charge in [-0.3, -0.25) is 0 Å². The summed E-state index contributed by atoms with van der Waals surface area (Å²) in [6.45, 7) is 0. The molecule has 0 heterocycles. The number of rotatable bonds is 4. The molecule has 0 saturated heterocycles. The predicted octanol–water partition coefficient (Wildman–Crippen LogP) is 2.53. The molecule has 1 unspecified atom stereocenters. The zero-order valence-electron chi connectivity index (χ0n) is 8.57. The zero-order chi connectivity index (χ0) is 10.8. The van der Waals surface area contributed by atoms with Crippen LogP contribution in [0, 0.1) is 11.7 Å². The Kier molecular flexibility index (Phi) is 2.71. The van der Waals surface area contributed by atoms with Crippen molar-refractivity contribution in [3.8, 4) is 5.75 Å². The molecule has 0 bridgehead atoms. The number of ether oxygens (including phenoxy) is 1. The second-order valence-corrected chi connectivity index (χ2v) is 3.89. The Labute approximate surface area is 88.1 Å². The van der Waals surface area contributed by atoms with Crippen LogP contribution in [0.3, 0.4) is 0 Å². The van der Waals surface area contributed by atoms with E-state index in [1.807, 2.05) is 0 Å². The maximum Gasteiger partial charge on any atom is 0.165 e. The number of carbonyl (C=O) groups excluding carboxylic acids is 1. The highest BCUT2D eigenvalue weighted by atomic mass is 19.1. The Bertz CT molecular complexity index is 372. The Morgan fingerprint density at radius 2 is 2.27 bits per heavy atom. The van der Waals surface area contributed by atoms with Crippen molar-refractivity contribution in [2.45, 2.75) is 18.8 Å². The predicted molar refractivity (Wildman–Crippen MR) is 54.5 cm³/mol. The van der Waals surface area contributed by atoms with E-state index in [4.69, 9.17) is 4.74 Å². The van der Waals surface area contributed by atoms with Crippen LogP contribution >= 0.6 is 0 Å². The highest BCUT2D eigenvalue weighted by Crippen LogP contribution is 2.41. The number of halogens is 1. The summed E-state index contributed by atoms with van der Waals surface area (Å²) in [6.07, 6.45) is 3.05. The lowest BCUT2D eigenvalue weighted by molar-refractivity contribution is -0.109. The van der Waals surface area contributed by atoms with E-state index in [9.17, 15) is 9.18 Å². The van der Waals surface area contributed by atoms with Gasteiger partial charge in [-0.05, 0) is 36.5 Å². The molecular formula is C12H13FO2. The number of hydrogen-bond donors (Lipinski definition) is 0. The molecule has 80 valence electrons. The van der Waals surface area contributed by atoms with Crippen LogP contribution < -0.4 is 4.74 Å². The molecule has 0 N–H and O–H groups in total. The summed E-state index contributed by atoms with van der Waals surface area (Å²) in [5, 5.41) is 0. The number of benzene rings is 1. The maximum atomic E-state index is 13.4. The molecule has 1 aromatic carbocycles. The van der Waals surface area contributed by atoms with Crippen molar-refractivity contribution in [2.75, 3.05) is 7.11 Å². The van der Waals surface area contributed by atoms with Crippen molar-refractivity contribution in [3.05, 3.63) is 29.6 Å². The Hall–Kier alpha value is -1.38. The van der Waals surface area contributed by atoms with Gasteiger partial charge in [0.1, 0.15) is 6.29 Å². The van der Waals surface area contributed by atoms with Crippen LogP contribution in [-0.2, 0) is 4.79 Å². The molecule has 0 amide bonds. The van der Waals surface area contributed by atoms with Gasteiger partial charge in [-0.2, -0.15) is 0 Å². The van der Waals surface area contributed by atoms with Crippen molar-refractivity contribution in [3.63, 3.8) is 0 Å². The van der Waals surface area contributed by atoms with Gasteiger partial charge in [0.05, 0.1) is 7.11 Å². The van der Waals surface area contributed by atoms with Crippen molar-refractivity contribution < 1.29 is 13.9 Å². The van der Waals surface area contributed by atoms with Crippen LogP contribution in [0.1, 0.15) is 24.3 Å². The third-order valence-electron chi connectivity index (χ3n) is 2.84. The maximum absolute atomic E-state index is 13.4. The van der Waals surface area contributed by atoms with Gasteiger partial charge >= 0.3 is 0 Å². The third kappa shape index (κ3) is 2.01. The van der Waals surface area contributed by atoms with Gasteiger partial charge in [0.2, 0.25) is 0 Å². The first kappa shape index (κ1) is 10.1. The fraction of sp³-hybridized carbons (Fsp3) is 0.417. The topological polar surface area (TPSA) is 26.3 Å². The normalized spacial score (nSPS) is 17.2. The monoisotopic (exact) mass is 208 g/mol. The van der Waals surface area contributed by atoms with E-state index in [2.05, 4.69) is 0 Å². The summed E-state index contributed by atoms with van der Waals surface area (Å²) in [5.74, 6) is 0.0856. The highest BCUT2D eigenvalue weighted by Gasteiger charge is 2.32. The van der Waals surface area contributed by atoms with Crippen molar-refractivity contribution >= 4 is 6.29 Å². The summed E-state index contributed by atoms with van der Waals surface area (Å²) in [5.41, 5.74) is 0.755. The van der Waals surface area contributed by atoms with Gasteiger partial charge in [0.15, 0.2) is 11.6 Å². The van der Waals surface area contributed by atoms with Crippen molar-refractivity contribution in [1.82, 2.24) is 0 Å². The van der Waals surface area contributed by atoms with E-state index in [0.717, 1.165) is 24.7 Å². The molecule has 0 aromatic heterocycles. The average Bonchev–Trinajstić information content (AvgIpc) is 3.03. The lowest BCUT2D eigenvalue weighted by atomic mass is 9.95. The van der Waals surface area contributed by atoms with Crippen LogP contribution in [0.5, 0.6) is 5.75 Å². The van der Waals surface area contributed by atoms with Gasteiger partial charge in [0.25, 0.3) is 0 Å². The Balaban J connectivity index is 2.27. The first-order valence-corrected chi connectivity index (χ1v) is 5.05. The van der Waals surface area contributed by atoms with Crippen molar-refractivity contribution in [2.24, 2.45) is 5.92 Å². The van der Waals surface area contributed by atoms with Gasteiger partial charge < -0.3 is 9.53 Å². The molecule has 0 radical (unpaired) electrons.